The van der Waals surface area contributed by atoms with E-state index in [1.54, 1.807) is 0 Å². The van der Waals surface area contributed by atoms with Crippen molar-refractivity contribution in [2.45, 2.75) is 26.2 Å². The van der Waals surface area contributed by atoms with Crippen molar-refractivity contribution in [3.63, 3.8) is 0 Å². The zero-order valence-electron chi connectivity index (χ0n) is 6.63. The summed E-state index contributed by atoms with van der Waals surface area (Å²) in [5, 5.41) is 0. The third-order valence-corrected chi connectivity index (χ3v) is 1.12. The second kappa shape index (κ2) is 5.70. The van der Waals surface area contributed by atoms with Gasteiger partial charge in [-0.2, -0.15) is 0 Å². The summed E-state index contributed by atoms with van der Waals surface area (Å²) < 4.78 is 4.63. The molecule has 64 valence electrons. The fourth-order valence-electron chi connectivity index (χ4n) is 0.617. The number of nitrogens with two attached hydrogens (primary N) is 1. The van der Waals surface area contributed by atoms with Gasteiger partial charge in [-0.05, 0) is 12.8 Å². The van der Waals surface area contributed by atoms with Gasteiger partial charge in [-0.3, -0.25) is 9.59 Å². The summed E-state index contributed by atoms with van der Waals surface area (Å²) in [5.41, 5.74) is 4.89. The smallest absolute Gasteiger partial charge is 0.302 e. The van der Waals surface area contributed by atoms with Gasteiger partial charge in [-0.15, -0.1) is 0 Å². The molecule has 4 nitrogen and oxygen atoms in total. The SMILES string of the molecule is CC(=O)OCCCCC(N)=O. The van der Waals surface area contributed by atoms with Crippen LogP contribution in [-0.4, -0.2) is 18.5 Å². The van der Waals surface area contributed by atoms with Crippen molar-refractivity contribution in [2.24, 2.45) is 5.73 Å². The maximum atomic E-state index is 10.2. The van der Waals surface area contributed by atoms with Crippen LogP contribution < -0.4 is 5.73 Å². The molecule has 0 aliphatic carbocycles. The van der Waals surface area contributed by atoms with E-state index in [0.29, 0.717) is 25.9 Å². The Morgan fingerprint density at radius 1 is 1.36 bits per heavy atom. The highest BCUT2D eigenvalue weighted by atomic mass is 16.5. The van der Waals surface area contributed by atoms with Gasteiger partial charge in [0.1, 0.15) is 0 Å². The predicted molar refractivity (Wildman–Crippen MR) is 39.7 cm³/mol. The van der Waals surface area contributed by atoms with Crippen LogP contribution in [-0.2, 0) is 14.3 Å². The van der Waals surface area contributed by atoms with E-state index in [1.807, 2.05) is 0 Å². The van der Waals surface area contributed by atoms with E-state index in [-0.39, 0.29) is 11.9 Å². The molecular weight excluding hydrogens is 146 g/mol. The minimum Gasteiger partial charge on any atom is -0.466 e. The number of hydrogen-bond donors (Lipinski definition) is 1. The topological polar surface area (TPSA) is 69.4 Å². The van der Waals surface area contributed by atoms with Gasteiger partial charge in [0.2, 0.25) is 5.91 Å². The van der Waals surface area contributed by atoms with Gasteiger partial charge in [0.05, 0.1) is 6.61 Å². The zero-order chi connectivity index (χ0) is 8.69. The van der Waals surface area contributed by atoms with Gasteiger partial charge >= 0.3 is 5.97 Å². The van der Waals surface area contributed by atoms with E-state index >= 15 is 0 Å². The molecule has 0 aromatic heterocycles. The number of esters is 1. The molecule has 4 heteroatoms. The molecule has 1 amide bonds. The average molecular weight is 159 g/mol. The number of unbranched alkanes of at least 4 members (excludes halogenated alkanes) is 1. The van der Waals surface area contributed by atoms with Crippen LogP contribution in [0.1, 0.15) is 26.2 Å². The van der Waals surface area contributed by atoms with Crippen LogP contribution in [0.3, 0.4) is 0 Å². The minimum absolute atomic E-state index is 0.288. The molecule has 0 heterocycles. The number of carbonyl (C=O) groups excluding carboxylic acids is 2. The molecule has 0 atom stereocenters. The number of carbonyl (C=O) groups is 2. The highest BCUT2D eigenvalue weighted by Gasteiger charge is 1.95. The first-order valence-corrected chi connectivity index (χ1v) is 3.54. The van der Waals surface area contributed by atoms with Crippen LogP contribution in [0.5, 0.6) is 0 Å². The first-order valence-electron chi connectivity index (χ1n) is 3.54. The van der Waals surface area contributed by atoms with Gasteiger partial charge in [0.15, 0.2) is 0 Å². The summed E-state index contributed by atoms with van der Waals surface area (Å²) in [6, 6.07) is 0. The van der Waals surface area contributed by atoms with Crippen molar-refractivity contribution in [1.29, 1.82) is 0 Å². The highest BCUT2D eigenvalue weighted by Crippen LogP contribution is 1.94. The van der Waals surface area contributed by atoms with Gasteiger partial charge in [0, 0.05) is 13.3 Å². The lowest BCUT2D eigenvalue weighted by atomic mass is 10.2. The van der Waals surface area contributed by atoms with Crippen molar-refractivity contribution >= 4 is 11.9 Å². The summed E-state index contributed by atoms with van der Waals surface area (Å²) in [5.74, 6) is -0.600. The molecule has 0 saturated heterocycles. The Labute approximate surface area is 65.7 Å². The molecule has 0 radical (unpaired) electrons. The molecular formula is C7H13NO3. The van der Waals surface area contributed by atoms with Crippen molar-refractivity contribution < 1.29 is 14.3 Å². The van der Waals surface area contributed by atoms with Crippen molar-refractivity contribution in [2.75, 3.05) is 6.61 Å². The van der Waals surface area contributed by atoms with Crippen LogP contribution in [0.4, 0.5) is 0 Å². The largest absolute Gasteiger partial charge is 0.466 e. The Kier molecular flexibility index (Phi) is 5.15. The molecule has 0 aliphatic heterocycles. The minimum atomic E-state index is -0.312. The molecule has 0 aliphatic rings. The summed E-state index contributed by atoms with van der Waals surface area (Å²) in [6.45, 7) is 1.73. The molecule has 0 spiro atoms. The lowest BCUT2D eigenvalue weighted by molar-refractivity contribution is -0.141. The average Bonchev–Trinajstić information content (AvgIpc) is 1.85. The van der Waals surface area contributed by atoms with Gasteiger partial charge in [-0.1, -0.05) is 0 Å². The monoisotopic (exact) mass is 159 g/mol. The summed E-state index contributed by atoms with van der Waals surface area (Å²) in [7, 11) is 0. The Hall–Kier alpha value is -1.06. The summed E-state index contributed by atoms with van der Waals surface area (Å²) in [6.07, 6.45) is 1.74. The molecule has 2 N–H and O–H groups in total. The predicted octanol–water partition coefficient (Wildman–Crippen LogP) is 0.205. The number of amides is 1. The third-order valence-electron chi connectivity index (χ3n) is 1.12. The molecule has 0 fully saturated rings. The standard InChI is InChI=1S/C7H13NO3/c1-6(9)11-5-3-2-4-7(8)10/h2-5H2,1H3,(H2,8,10). The van der Waals surface area contributed by atoms with Gasteiger partial charge in [-0.25, -0.2) is 0 Å². The van der Waals surface area contributed by atoms with E-state index in [9.17, 15) is 9.59 Å². The van der Waals surface area contributed by atoms with Crippen LogP contribution in [0.15, 0.2) is 0 Å². The number of hydrogen-bond acceptors (Lipinski definition) is 3. The van der Waals surface area contributed by atoms with Gasteiger partial charge < -0.3 is 10.5 Å². The fraction of sp³-hybridized carbons (Fsp3) is 0.714. The van der Waals surface area contributed by atoms with Crippen molar-refractivity contribution in [1.82, 2.24) is 0 Å². The second-order valence-corrected chi connectivity index (χ2v) is 2.26. The number of primary amides is 1. The summed E-state index contributed by atoms with van der Waals surface area (Å²) in [4.78, 5) is 20.4. The lowest BCUT2D eigenvalue weighted by Crippen LogP contribution is -2.10. The van der Waals surface area contributed by atoms with Crippen LogP contribution in [0.2, 0.25) is 0 Å². The Bertz CT molecular complexity index is 129. The summed E-state index contributed by atoms with van der Waals surface area (Å²) >= 11 is 0. The van der Waals surface area contributed by atoms with E-state index in [2.05, 4.69) is 4.74 Å². The number of ether oxygens (including phenoxy) is 1. The maximum absolute atomic E-state index is 10.2. The van der Waals surface area contributed by atoms with E-state index in [4.69, 9.17) is 5.73 Å². The van der Waals surface area contributed by atoms with E-state index < -0.39 is 0 Å². The van der Waals surface area contributed by atoms with Crippen molar-refractivity contribution in [3.8, 4) is 0 Å². The fourth-order valence-corrected chi connectivity index (χ4v) is 0.617. The first-order chi connectivity index (χ1) is 5.13. The van der Waals surface area contributed by atoms with E-state index in [1.165, 1.54) is 6.92 Å². The molecule has 0 bridgehead atoms. The lowest BCUT2D eigenvalue weighted by Gasteiger charge is -1.99. The maximum Gasteiger partial charge on any atom is 0.302 e. The Morgan fingerprint density at radius 3 is 2.45 bits per heavy atom. The van der Waals surface area contributed by atoms with E-state index in [0.717, 1.165) is 0 Å². The Morgan fingerprint density at radius 2 is 2.00 bits per heavy atom. The molecule has 0 saturated carbocycles. The molecule has 11 heavy (non-hydrogen) atoms. The van der Waals surface area contributed by atoms with Crippen LogP contribution in [0, 0.1) is 0 Å². The normalized spacial score (nSPS) is 9.18. The van der Waals surface area contributed by atoms with Crippen LogP contribution >= 0.6 is 0 Å². The molecule has 0 rings (SSSR count). The zero-order valence-corrected chi connectivity index (χ0v) is 6.63. The quantitative estimate of drug-likeness (QED) is 0.460. The third kappa shape index (κ3) is 8.94. The Balaban J connectivity index is 3.03. The highest BCUT2D eigenvalue weighted by molar-refractivity contribution is 5.73. The second-order valence-electron chi connectivity index (χ2n) is 2.26. The van der Waals surface area contributed by atoms with Gasteiger partial charge in [0.25, 0.3) is 0 Å². The number of rotatable bonds is 5. The van der Waals surface area contributed by atoms with Crippen molar-refractivity contribution in [3.05, 3.63) is 0 Å². The molecule has 0 aromatic rings. The molecule has 0 unspecified atom stereocenters. The first kappa shape index (κ1) is 9.94. The molecule has 0 aromatic carbocycles. The van der Waals surface area contributed by atoms with Crippen LogP contribution in [0.25, 0.3) is 0 Å².